The lowest BCUT2D eigenvalue weighted by atomic mass is 10.0. The standard InChI is InChI=1S/C80H132NO8P/c1-6-8-10-12-14-16-18-20-22-24-26-28-30-32-34-35-36-37-38-39-40-41-42-43-44-45-47-49-51-53-55-57-59-61-63-65-67-69-71-73-80(83)89-78(77-88-90(84,85)87-75-74-81(3,4)5)76-86-79(82)72-70-68-66-64-62-60-58-56-54-52-50-48-46-33-31-29-27-25-23-21-19-17-15-13-11-9-7-2/h8,10,14,16,19-22,25-28,31-34,36-37,39-40,42-43,45,47,51,53,57,59,78H,6-7,9,11-13,15,17-18,23-24,29-30,35,38,41,44,46,48-50,52,54-56,58,60-77H2,1-5H3/b10-8-,16-14-,21-19-,22-20-,27-25-,28-26-,33-31-,34-32-,37-36-,40-39-,43-42-,47-45-,53-51-,59-57-. The van der Waals surface area contributed by atoms with Gasteiger partial charge in [-0.25, -0.2) is 0 Å². The maximum absolute atomic E-state index is 12.9. The Hall–Kier alpha value is -4.63. The SMILES string of the molecule is CC/C=C\C/C=C\C/C=C\C/C=C\C/C=C\C/C=C\C/C=C\C/C=C\C/C=C\C/C=C\C/C=C\CCCCCCCC(=O)OC(COC(=O)CCCCCCCCCCCCCC/C=C\C/C=C\C/C=C\CCCCCCC)COP(=O)([O-])OCC[N+](C)(C)C. The Bertz CT molecular complexity index is 2130. The summed E-state index contributed by atoms with van der Waals surface area (Å²) in [6.07, 6.45) is 104. The topological polar surface area (TPSA) is 111 Å². The van der Waals surface area contributed by atoms with Crippen molar-refractivity contribution in [2.75, 3.05) is 47.5 Å². The lowest BCUT2D eigenvalue weighted by molar-refractivity contribution is -0.870. The number of nitrogens with zero attached hydrogens (tertiary/aromatic N) is 1. The van der Waals surface area contributed by atoms with Gasteiger partial charge in [0.2, 0.25) is 0 Å². The van der Waals surface area contributed by atoms with E-state index < -0.39 is 32.5 Å². The van der Waals surface area contributed by atoms with Crippen molar-refractivity contribution in [3.05, 3.63) is 170 Å². The molecule has 0 saturated carbocycles. The molecule has 0 N–H and O–H groups in total. The lowest BCUT2D eigenvalue weighted by Crippen LogP contribution is -2.37. The molecule has 90 heavy (non-hydrogen) atoms. The molecule has 0 saturated heterocycles. The molecule has 0 amide bonds. The normalized spacial score (nSPS) is 14.2. The smallest absolute Gasteiger partial charge is 0.306 e. The van der Waals surface area contributed by atoms with Crippen LogP contribution >= 0.6 is 7.82 Å². The molecule has 0 bridgehead atoms. The number of hydrogen-bond acceptors (Lipinski definition) is 8. The summed E-state index contributed by atoms with van der Waals surface area (Å²) in [6.45, 7) is 4.08. The van der Waals surface area contributed by atoms with Crippen LogP contribution in [0.25, 0.3) is 0 Å². The van der Waals surface area contributed by atoms with Crippen molar-refractivity contribution in [1.29, 1.82) is 0 Å². The van der Waals surface area contributed by atoms with Gasteiger partial charge in [-0.1, -0.05) is 293 Å². The van der Waals surface area contributed by atoms with Crippen LogP contribution in [0.1, 0.15) is 271 Å². The average molecular weight is 1270 g/mol. The average Bonchev–Trinajstić information content (AvgIpc) is 3.58. The number of carbonyl (C=O) groups excluding carboxylic acids is 2. The second kappa shape index (κ2) is 68.7. The Labute approximate surface area is 553 Å². The number of ether oxygens (including phenoxy) is 2. The molecule has 0 aromatic rings. The zero-order valence-corrected chi connectivity index (χ0v) is 58.9. The predicted molar refractivity (Wildman–Crippen MR) is 387 cm³/mol. The summed E-state index contributed by atoms with van der Waals surface area (Å²) in [6, 6.07) is 0. The summed E-state index contributed by atoms with van der Waals surface area (Å²) in [4.78, 5) is 38.1. The fourth-order valence-corrected chi connectivity index (χ4v) is 9.99. The molecule has 510 valence electrons. The Balaban J connectivity index is 4.17. The third-order valence-corrected chi connectivity index (χ3v) is 15.7. The fourth-order valence-electron chi connectivity index (χ4n) is 9.26. The van der Waals surface area contributed by atoms with E-state index in [2.05, 4.69) is 184 Å². The largest absolute Gasteiger partial charge is 0.756 e. The number of phosphoric ester groups is 1. The van der Waals surface area contributed by atoms with Crippen molar-refractivity contribution < 1.29 is 42.1 Å². The molecule has 2 atom stereocenters. The van der Waals surface area contributed by atoms with Gasteiger partial charge in [0.25, 0.3) is 7.82 Å². The van der Waals surface area contributed by atoms with Gasteiger partial charge in [0.1, 0.15) is 19.8 Å². The van der Waals surface area contributed by atoms with Crippen LogP contribution in [-0.4, -0.2) is 70.0 Å². The summed E-state index contributed by atoms with van der Waals surface area (Å²) in [5.74, 6) is -0.865. The molecular formula is C80H132NO8P. The molecule has 10 heteroatoms. The quantitative estimate of drug-likeness (QED) is 0.0195. The van der Waals surface area contributed by atoms with Crippen molar-refractivity contribution in [3.63, 3.8) is 0 Å². The van der Waals surface area contributed by atoms with E-state index in [-0.39, 0.29) is 26.1 Å². The zero-order chi connectivity index (χ0) is 65.5. The number of rotatable bonds is 64. The van der Waals surface area contributed by atoms with E-state index in [0.717, 1.165) is 141 Å². The van der Waals surface area contributed by atoms with E-state index in [9.17, 15) is 19.0 Å². The molecule has 0 fully saturated rings. The highest BCUT2D eigenvalue weighted by Crippen LogP contribution is 2.38. The number of allylic oxidation sites excluding steroid dienone is 28. The zero-order valence-electron chi connectivity index (χ0n) is 58.0. The van der Waals surface area contributed by atoms with Gasteiger partial charge in [0.05, 0.1) is 27.7 Å². The highest BCUT2D eigenvalue weighted by atomic mass is 31.2. The highest BCUT2D eigenvalue weighted by molar-refractivity contribution is 7.45. The van der Waals surface area contributed by atoms with Crippen molar-refractivity contribution in [3.8, 4) is 0 Å². The van der Waals surface area contributed by atoms with Crippen LogP contribution in [-0.2, 0) is 32.7 Å². The summed E-state index contributed by atoms with van der Waals surface area (Å²) in [7, 11) is 1.13. The van der Waals surface area contributed by atoms with E-state index in [1.54, 1.807) is 0 Å². The van der Waals surface area contributed by atoms with Gasteiger partial charge in [-0.15, -0.1) is 0 Å². The summed E-state index contributed by atoms with van der Waals surface area (Å²) < 4.78 is 34.3. The molecule has 0 spiro atoms. The maximum atomic E-state index is 12.9. The van der Waals surface area contributed by atoms with E-state index >= 15 is 0 Å². The Kier molecular flexibility index (Phi) is 65.2. The van der Waals surface area contributed by atoms with Gasteiger partial charge in [-0.3, -0.25) is 14.2 Å². The maximum Gasteiger partial charge on any atom is 0.306 e. The summed E-state index contributed by atoms with van der Waals surface area (Å²) >= 11 is 0. The number of likely N-dealkylation sites (N-methyl/N-ethyl adjacent to an activating group) is 1. The number of hydrogen-bond donors (Lipinski definition) is 0. The number of phosphoric acid groups is 1. The van der Waals surface area contributed by atoms with Crippen LogP contribution in [0.15, 0.2) is 170 Å². The van der Waals surface area contributed by atoms with Crippen molar-refractivity contribution in [1.82, 2.24) is 0 Å². The van der Waals surface area contributed by atoms with Gasteiger partial charge in [-0.2, -0.15) is 0 Å². The predicted octanol–water partition coefficient (Wildman–Crippen LogP) is 23.1. The molecule has 0 heterocycles. The van der Waals surface area contributed by atoms with Gasteiger partial charge in [0.15, 0.2) is 6.10 Å². The second-order valence-electron chi connectivity index (χ2n) is 24.5. The minimum Gasteiger partial charge on any atom is -0.756 e. The van der Waals surface area contributed by atoms with Gasteiger partial charge < -0.3 is 27.9 Å². The number of esters is 2. The van der Waals surface area contributed by atoms with E-state index in [0.29, 0.717) is 17.4 Å². The molecule has 0 aliphatic carbocycles. The Morgan fingerprint density at radius 2 is 0.633 bits per heavy atom. The molecule has 0 aromatic carbocycles. The minimum absolute atomic E-state index is 0.0439. The van der Waals surface area contributed by atoms with Crippen molar-refractivity contribution >= 4 is 19.8 Å². The molecule has 0 aromatic heterocycles. The van der Waals surface area contributed by atoms with Crippen LogP contribution in [0.3, 0.4) is 0 Å². The van der Waals surface area contributed by atoms with Crippen LogP contribution < -0.4 is 4.89 Å². The molecule has 9 nitrogen and oxygen atoms in total. The fraction of sp³-hybridized carbons (Fsp3) is 0.625. The molecular weight excluding hydrogens is 1130 g/mol. The number of carbonyl (C=O) groups is 2. The third kappa shape index (κ3) is 72.4. The first-order valence-electron chi connectivity index (χ1n) is 35.8. The molecule has 0 aliphatic rings. The monoisotopic (exact) mass is 1270 g/mol. The first-order valence-corrected chi connectivity index (χ1v) is 37.3. The van der Waals surface area contributed by atoms with Crippen molar-refractivity contribution in [2.45, 2.75) is 277 Å². The Morgan fingerprint density at radius 1 is 0.356 bits per heavy atom. The summed E-state index contributed by atoms with van der Waals surface area (Å²) in [5, 5.41) is 0. The van der Waals surface area contributed by atoms with Crippen LogP contribution in [0.4, 0.5) is 0 Å². The van der Waals surface area contributed by atoms with Crippen molar-refractivity contribution in [2.24, 2.45) is 0 Å². The van der Waals surface area contributed by atoms with E-state index in [1.165, 1.54) is 96.3 Å². The third-order valence-electron chi connectivity index (χ3n) is 14.7. The number of unbranched alkanes of at least 4 members (excludes halogenated alkanes) is 22. The van der Waals surface area contributed by atoms with Gasteiger partial charge in [0, 0.05) is 12.8 Å². The molecule has 0 rings (SSSR count). The first-order chi connectivity index (χ1) is 44.0. The lowest BCUT2D eigenvalue weighted by Gasteiger charge is -2.28. The molecule has 0 aliphatic heterocycles. The Morgan fingerprint density at radius 3 is 0.944 bits per heavy atom. The van der Waals surface area contributed by atoms with E-state index in [1.807, 2.05) is 21.1 Å². The second-order valence-corrected chi connectivity index (χ2v) is 25.9. The number of quaternary nitrogens is 1. The van der Waals surface area contributed by atoms with E-state index in [4.69, 9.17) is 18.5 Å². The van der Waals surface area contributed by atoms with Gasteiger partial charge >= 0.3 is 11.9 Å². The van der Waals surface area contributed by atoms with Crippen LogP contribution in [0.2, 0.25) is 0 Å². The first kappa shape index (κ1) is 85.4. The van der Waals surface area contributed by atoms with Gasteiger partial charge in [-0.05, 0) is 135 Å². The highest BCUT2D eigenvalue weighted by Gasteiger charge is 2.22. The molecule has 0 radical (unpaired) electrons. The summed E-state index contributed by atoms with van der Waals surface area (Å²) in [5.41, 5.74) is 0. The molecule has 2 unspecified atom stereocenters. The van der Waals surface area contributed by atoms with Crippen LogP contribution in [0.5, 0.6) is 0 Å². The minimum atomic E-state index is -4.66. The van der Waals surface area contributed by atoms with Crippen LogP contribution in [0, 0.1) is 0 Å².